The molecule has 0 aliphatic carbocycles. The monoisotopic (exact) mass is 526 g/mol. The van der Waals surface area contributed by atoms with E-state index < -0.39 is 5.41 Å². The molecule has 2 unspecified atom stereocenters. The molecule has 3 aliphatic rings. The molecular weight excluding hydrogens is 495 g/mol. The molecule has 0 saturated carbocycles. The van der Waals surface area contributed by atoms with Gasteiger partial charge in [0, 0.05) is 48.9 Å². The molecular formula is C25H31N6O3PS. The second-order valence-corrected chi connectivity index (χ2v) is 9.78. The summed E-state index contributed by atoms with van der Waals surface area (Å²) in [5.41, 5.74) is 6.24. The minimum atomic E-state index is -0.676. The third-order valence-corrected chi connectivity index (χ3v) is 7.56. The van der Waals surface area contributed by atoms with Crippen LogP contribution >= 0.6 is 21.4 Å². The minimum Gasteiger partial charge on any atom is -0.380 e. The molecule has 0 radical (unpaired) electrons. The van der Waals surface area contributed by atoms with Crippen LogP contribution in [0.25, 0.3) is 0 Å². The number of benzene rings is 1. The Morgan fingerprint density at radius 3 is 2.72 bits per heavy atom. The van der Waals surface area contributed by atoms with Crippen molar-refractivity contribution in [2.45, 2.75) is 45.7 Å². The van der Waals surface area contributed by atoms with Crippen LogP contribution in [0.4, 0.5) is 17.1 Å². The highest BCUT2D eigenvalue weighted by atomic mass is 32.2. The quantitative estimate of drug-likeness (QED) is 0.263. The maximum Gasteiger partial charge on any atom is 0.236 e. The van der Waals surface area contributed by atoms with Gasteiger partial charge >= 0.3 is 0 Å². The predicted molar refractivity (Wildman–Crippen MR) is 145 cm³/mol. The van der Waals surface area contributed by atoms with E-state index in [0.717, 1.165) is 39.6 Å². The molecule has 5 heterocycles. The fraction of sp³-hybridized carbons (Fsp3) is 0.400. The van der Waals surface area contributed by atoms with Crippen LogP contribution < -0.4 is 9.84 Å². The molecule has 11 heteroatoms. The van der Waals surface area contributed by atoms with E-state index in [1.807, 2.05) is 73.4 Å². The number of carbonyl (C=O) groups is 1. The number of aromatic nitrogens is 3. The van der Waals surface area contributed by atoms with E-state index in [-0.39, 0.29) is 5.91 Å². The highest BCUT2D eigenvalue weighted by molar-refractivity contribution is 7.94. The van der Waals surface area contributed by atoms with Gasteiger partial charge in [-0.1, -0.05) is 19.9 Å². The number of anilines is 3. The van der Waals surface area contributed by atoms with Gasteiger partial charge < -0.3 is 9.64 Å². The first-order chi connectivity index (χ1) is 17.5. The molecule has 1 aromatic carbocycles. The molecule has 0 spiro atoms. The molecule has 1 amide bonds. The Labute approximate surface area is 218 Å². The van der Waals surface area contributed by atoms with Crippen LogP contribution in [0.15, 0.2) is 42.7 Å². The lowest BCUT2D eigenvalue weighted by Gasteiger charge is -2.31. The summed E-state index contributed by atoms with van der Waals surface area (Å²) in [6.07, 6.45) is 6.36. The first-order valence-corrected chi connectivity index (χ1v) is 13.7. The van der Waals surface area contributed by atoms with E-state index >= 15 is 0 Å². The molecule has 3 aromatic rings. The Morgan fingerprint density at radius 2 is 2.06 bits per heavy atom. The Balaban J connectivity index is 0.00000130. The molecule has 3 aliphatic heterocycles. The standard InChI is InChI=1S/C23H25N6O3PS.C2H6/c1-15-3-4-17(10-24-15)23(7-8-31-14-23)22(30)26-11-16-12-27(25-19(16)13-26)29(33)18-5-6-20-21(9-18)28(20)32-34-2;1-2/h3-6,9-10,12H,7-8,11,13-14,33H2,1-2H3;1-2H3. The zero-order valence-corrected chi connectivity index (χ0v) is 22.9. The SMILES string of the molecule is CC.CSON1c2ccc(N(P)n3cc4c(n3)CN(C(=O)C3(c5ccc(C)nc5)CCOC3)C4)cc21. The highest BCUT2D eigenvalue weighted by Crippen LogP contribution is 2.51. The number of hydrogen-bond donors (Lipinski definition) is 0. The van der Waals surface area contributed by atoms with Gasteiger partial charge in [0.05, 0.1) is 42.1 Å². The first-order valence-electron chi connectivity index (χ1n) is 12.1. The molecule has 0 bridgehead atoms. The van der Waals surface area contributed by atoms with Crippen molar-refractivity contribution in [3.63, 3.8) is 0 Å². The minimum absolute atomic E-state index is 0.0861. The number of hydrogen-bond acceptors (Lipinski definition) is 8. The highest BCUT2D eigenvalue weighted by Gasteiger charge is 2.47. The molecule has 2 atom stereocenters. The molecule has 0 N–H and O–H groups in total. The lowest BCUT2D eigenvalue weighted by atomic mass is 9.79. The van der Waals surface area contributed by atoms with Gasteiger partial charge in [-0.25, -0.2) is 5.06 Å². The Bertz CT molecular complexity index is 1240. The molecule has 6 rings (SSSR count). The van der Waals surface area contributed by atoms with Gasteiger partial charge in [0.25, 0.3) is 0 Å². The second-order valence-electron chi connectivity index (χ2n) is 8.81. The second kappa shape index (κ2) is 10.0. The first kappa shape index (κ1) is 25.0. The number of rotatable bonds is 6. The van der Waals surface area contributed by atoms with E-state index in [4.69, 9.17) is 14.1 Å². The van der Waals surface area contributed by atoms with Gasteiger partial charge in [0.2, 0.25) is 5.91 Å². The summed E-state index contributed by atoms with van der Waals surface area (Å²) < 4.78 is 13.1. The van der Waals surface area contributed by atoms with E-state index in [9.17, 15) is 4.79 Å². The van der Waals surface area contributed by atoms with Gasteiger partial charge in [-0.3, -0.25) is 14.6 Å². The number of aryl methyl sites for hydroxylation is 1. The smallest absolute Gasteiger partial charge is 0.236 e. The van der Waals surface area contributed by atoms with Crippen molar-refractivity contribution in [1.82, 2.24) is 19.8 Å². The Hall–Kier alpha value is -2.65. The van der Waals surface area contributed by atoms with Crippen LogP contribution in [0.1, 0.15) is 42.8 Å². The van der Waals surface area contributed by atoms with Crippen molar-refractivity contribution < 1.29 is 13.8 Å². The van der Waals surface area contributed by atoms with Crippen LogP contribution in [0.3, 0.4) is 0 Å². The average molecular weight is 527 g/mol. The third-order valence-electron chi connectivity index (χ3n) is 6.73. The van der Waals surface area contributed by atoms with Crippen LogP contribution in [0.5, 0.6) is 0 Å². The summed E-state index contributed by atoms with van der Waals surface area (Å²) in [6, 6.07) is 10.1. The zero-order chi connectivity index (χ0) is 25.4. The Kier molecular flexibility index (Phi) is 6.96. The summed E-state index contributed by atoms with van der Waals surface area (Å²) in [5.74, 6) is 0.0861. The third kappa shape index (κ3) is 4.26. The van der Waals surface area contributed by atoms with Crippen molar-refractivity contribution in [2.24, 2.45) is 0 Å². The van der Waals surface area contributed by atoms with E-state index in [0.29, 0.717) is 32.7 Å². The Morgan fingerprint density at radius 1 is 1.22 bits per heavy atom. The van der Waals surface area contributed by atoms with E-state index in [1.165, 1.54) is 12.0 Å². The fourth-order valence-corrected chi connectivity index (χ4v) is 5.35. The van der Waals surface area contributed by atoms with Crippen LogP contribution in [-0.4, -0.2) is 45.2 Å². The number of pyridine rings is 1. The van der Waals surface area contributed by atoms with Crippen molar-refractivity contribution in [3.05, 3.63) is 65.2 Å². The topological polar surface area (TPSA) is 75.7 Å². The van der Waals surface area contributed by atoms with Gasteiger partial charge in [-0.2, -0.15) is 14.2 Å². The normalized spacial score (nSPS) is 19.5. The molecule has 2 aromatic heterocycles. The number of fused-ring (bicyclic) bond motifs is 2. The molecule has 1 fully saturated rings. The summed E-state index contributed by atoms with van der Waals surface area (Å²) in [5, 5.41) is 6.57. The maximum absolute atomic E-state index is 13.7. The molecule has 9 nitrogen and oxygen atoms in total. The van der Waals surface area contributed by atoms with Gasteiger partial charge in [0.15, 0.2) is 0 Å². The zero-order valence-electron chi connectivity index (χ0n) is 21.0. The number of nitrogens with zero attached hydrogens (tertiary/aromatic N) is 6. The molecule has 190 valence electrons. The summed E-state index contributed by atoms with van der Waals surface area (Å²) in [4.78, 5) is 21.9. The lowest BCUT2D eigenvalue weighted by Crippen LogP contribution is -2.45. The maximum atomic E-state index is 13.7. The van der Waals surface area contributed by atoms with E-state index in [2.05, 4.69) is 20.4 Å². The summed E-state index contributed by atoms with van der Waals surface area (Å²) in [6.45, 7) is 7.94. The van der Waals surface area contributed by atoms with Gasteiger partial charge in [-0.15, -0.1) is 0 Å². The summed E-state index contributed by atoms with van der Waals surface area (Å²) >= 11 is 1.31. The summed E-state index contributed by atoms with van der Waals surface area (Å²) in [7, 11) is 2.71. The number of carbonyl (C=O) groups excluding carboxylic acids is 1. The lowest BCUT2D eigenvalue weighted by molar-refractivity contribution is -0.138. The molecule has 36 heavy (non-hydrogen) atoms. The van der Waals surface area contributed by atoms with Crippen molar-refractivity contribution in [2.75, 3.05) is 29.3 Å². The van der Waals surface area contributed by atoms with Gasteiger partial charge in [-0.05, 0) is 52.6 Å². The largest absolute Gasteiger partial charge is 0.380 e. The number of amides is 1. The van der Waals surface area contributed by atoms with Crippen LogP contribution in [0, 0.1) is 6.92 Å². The predicted octanol–water partition coefficient (Wildman–Crippen LogP) is 4.53. The van der Waals surface area contributed by atoms with Crippen LogP contribution in [0.2, 0.25) is 0 Å². The molecule has 1 saturated heterocycles. The van der Waals surface area contributed by atoms with Crippen molar-refractivity contribution in [3.8, 4) is 0 Å². The number of ether oxygens (including phenoxy) is 1. The van der Waals surface area contributed by atoms with Gasteiger partial charge in [0.1, 0.15) is 5.41 Å². The van der Waals surface area contributed by atoms with Crippen LogP contribution in [-0.2, 0) is 32.3 Å². The van der Waals surface area contributed by atoms with E-state index in [1.54, 1.807) is 9.85 Å². The van der Waals surface area contributed by atoms with Crippen molar-refractivity contribution in [1.29, 1.82) is 0 Å². The van der Waals surface area contributed by atoms with Crippen molar-refractivity contribution >= 4 is 44.4 Å². The average Bonchev–Trinajstić information content (AvgIpc) is 3.30. The fourth-order valence-electron chi connectivity index (χ4n) is 4.76.